The third-order valence-corrected chi connectivity index (χ3v) is 12.7. The molecule has 0 unspecified atom stereocenters. The van der Waals surface area contributed by atoms with Crippen LogP contribution >= 0.6 is 0 Å². The maximum Gasteiger partial charge on any atom is 0.264 e. The molecular weight excluding hydrogens is 672 g/mol. The number of hydrogen-bond acceptors (Lipinski definition) is 7. The lowest BCUT2D eigenvalue weighted by molar-refractivity contribution is -0.150. The second-order valence-electron chi connectivity index (χ2n) is 15.8. The highest BCUT2D eigenvalue weighted by Crippen LogP contribution is 2.60. The van der Waals surface area contributed by atoms with Crippen molar-refractivity contribution >= 4 is 40.7 Å². The van der Waals surface area contributed by atoms with Crippen LogP contribution in [0.5, 0.6) is 5.75 Å². The third kappa shape index (κ3) is 5.62. The standard InChI is InChI=1S/C42H48N4O7/c1-26-39(41(2,3)28-9-14-32(52-4)15-10-28)35(23-38(50)43-19-5-6-31(43)25-47)53-42(26)33-22-30(45-21-18-37(45)49)13-16-34(33)46(40(42)51)24-27-7-11-29(12-8-27)44-20-17-36(44)48/h7-16,22,26,31,35,39,47H,5-6,17-21,23-25H2,1-4H3/t26-,31-,35+,39-,42+/m0/s1. The lowest BCUT2D eigenvalue weighted by Crippen LogP contribution is -2.46. The molecule has 5 atom stereocenters. The van der Waals surface area contributed by atoms with Gasteiger partial charge in [-0.2, -0.15) is 0 Å². The van der Waals surface area contributed by atoms with Gasteiger partial charge in [0.2, 0.25) is 17.7 Å². The van der Waals surface area contributed by atoms with Crippen molar-refractivity contribution in [2.24, 2.45) is 11.8 Å². The van der Waals surface area contributed by atoms with Gasteiger partial charge in [0.15, 0.2) is 5.60 Å². The van der Waals surface area contributed by atoms with Crippen molar-refractivity contribution in [3.05, 3.63) is 83.4 Å². The van der Waals surface area contributed by atoms with E-state index in [9.17, 15) is 19.5 Å². The number of hydrogen-bond donors (Lipinski definition) is 1. The number of carbonyl (C=O) groups is 4. The van der Waals surface area contributed by atoms with Gasteiger partial charge in [0.1, 0.15) is 5.75 Å². The molecule has 4 fully saturated rings. The van der Waals surface area contributed by atoms with Crippen molar-refractivity contribution in [3.63, 3.8) is 0 Å². The maximum absolute atomic E-state index is 15.3. The fraction of sp³-hybridized carbons (Fsp3) is 0.476. The molecule has 3 aromatic carbocycles. The number of β-lactam (4-membered cyclic amide) rings is 2. The molecule has 0 aromatic heterocycles. The van der Waals surface area contributed by atoms with E-state index in [1.807, 2.05) is 66.7 Å². The summed E-state index contributed by atoms with van der Waals surface area (Å²) < 4.78 is 12.7. The number of carbonyl (C=O) groups excluding carboxylic acids is 4. The van der Waals surface area contributed by atoms with Gasteiger partial charge >= 0.3 is 0 Å². The Kier molecular flexibility index (Phi) is 8.85. The molecule has 278 valence electrons. The number of aliphatic hydroxyl groups excluding tert-OH is 1. The van der Waals surface area contributed by atoms with Crippen LogP contribution in [-0.2, 0) is 41.5 Å². The van der Waals surface area contributed by atoms with Crippen molar-refractivity contribution in [1.82, 2.24) is 4.90 Å². The second-order valence-corrected chi connectivity index (χ2v) is 15.8. The second kappa shape index (κ2) is 13.3. The minimum atomic E-state index is -1.43. The number of rotatable bonds is 10. The summed E-state index contributed by atoms with van der Waals surface area (Å²) in [5.41, 5.74) is 2.94. The largest absolute Gasteiger partial charge is 0.497 e. The molecule has 53 heavy (non-hydrogen) atoms. The third-order valence-electron chi connectivity index (χ3n) is 12.7. The Morgan fingerprint density at radius 2 is 1.58 bits per heavy atom. The van der Waals surface area contributed by atoms with Gasteiger partial charge in [0.25, 0.3) is 5.91 Å². The summed E-state index contributed by atoms with van der Waals surface area (Å²) in [7, 11) is 1.63. The highest BCUT2D eigenvalue weighted by molar-refractivity contribution is 6.09. The predicted octanol–water partition coefficient (Wildman–Crippen LogP) is 4.91. The van der Waals surface area contributed by atoms with Crippen LogP contribution in [0.15, 0.2) is 66.7 Å². The van der Waals surface area contributed by atoms with Crippen LogP contribution in [0, 0.1) is 11.8 Å². The molecule has 11 nitrogen and oxygen atoms in total. The first-order chi connectivity index (χ1) is 25.5. The molecule has 8 rings (SSSR count). The van der Waals surface area contributed by atoms with Gasteiger partial charge in [-0.15, -0.1) is 0 Å². The average molecular weight is 721 g/mol. The molecule has 0 bridgehead atoms. The Balaban J connectivity index is 1.21. The van der Waals surface area contributed by atoms with Crippen molar-refractivity contribution in [2.45, 2.75) is 82.6 Å². The van der Waals surface area contributed by atoms with Gasteiger partial charge in [0.05, 0.1) is 44.5 Å². The first-order valence-electron chi connectivity index (χ1n) is 18.9. The maximum atomic E-state index is 15.3. The first-order valence-corrected chi connectivity index (χ1v) is 18.9. The van der Waals surface area contributed by atoms with Crippen LogP contribution in [0.2, 0.25) is 0 Å². The van der Waals surface area contributed by atoms with E-state index in [1.165, 1.54) is 0 Å². The van der Waals surface area contributed by atoms with Crippen molar-refractivity contribution < 1.29 is 33.8 Å². The van der Waals surface area contributed by atoms with Crippen molar-refractivity contribution in [1.29, 1.82) is 0 Å². The van der Waals surface area contributed by atoms with Crippen LogP contribution in [0.1, 0.15) is 69.6 Å². The number of methoxy groups -OCH3 is 1. The van der Waals surface area contributed by atoms with E-state index in [0.717, 1.165) is 41.1 Å². The van der Waals surface area contributed by atoms with Crippen LogP contribution < -0.4 is 19.4 Å². The van der Waals surface area contributed by atoms with Gasteiger partial charge < -0.3 is 34.2 Å². The van der Waals surface area contributed by atoms with E-state index in [2.05, 4.69) is 20.8 Å². The Hall–Kier alpha value is -4.74. The highest BCUT2D eigenvalue weighted by Gasteiger charge is 2.66. The van der Waals surface area contributed by atoms with Crippen LogP contribution in [0.25, 0.3) is 0 Å². The number of likely N-dealkylation sites (tertiary alicyclic amines) is 1. The summed E-state index contributed by atoms with van der Waals surface area (Å²) in [6.45, 7) is 8.45. The lowest BCUT2D eigenvalue weighted by atomic mass is 9.63. The Morgan fingerprint density at radius 1 is 0.925 bits per heavy atom. The van der Waals surface area contributed by atoms with Gasteiger partial charge in [-0.1, -0.05) is 45.0 Å². The Morgan fingerprint density at radius 3 is 2.19 bits per heavy atom. The van der Waals surface area contributed by atoms with Crippen molar-refractivity contribution in [2.75, 3.05) is 48.1 Å². The van der Waals surface area contributed by atoms with E-state index < -0.39 is 17.1 Å². The molecule has 5 heterocycles. The normalized spacial score (nSPS) is 26.7. The summed E-state index contributed by atoms with van der Waals surface area (Å²) in [5, 5.41) is 10.1. The summed E-state index contributed by atoms with van der Waals surface area (Å²) in [5.74, 6) is -0.0852. The molecule has 0 radical (unpaired) electrons. The van der Waals surface area contributed by atoms with Gasteiger partial charge in [-0.25, -0.2) is 0 Å². The summed E-state index contributed by atoms with van der Waals surface area (Å²) >= 11 is 0. The number of anilines is 3. The Bertz CT molecular complexity index is 1950. The lowest BCUT2D eigenvalue weighted by Gasteiger charge is -2.39. The SMILES string of the molecule is COc1ccc(C(C)(C)[C@@H]2[C@@H](CC(=O)N3CCC[C@H]3CO)O[C@]3(C(=O)N(Cc4ccc(N5CCC5=O)cc4)c4ccc(N5CCC5=O)cc43)[C@H]2C)cc1. The zero-order chi connectivity index (χ0) is 37.2. The average Bonchev–Trinajstić information content (AvgIpc) is 3.81. The topological polar surface area (TPSA) is 120 Å². The highest BCUT2D eigenvalue weighted by atomic mass is 16.5. The summed E-state index contributed by atoms with van der Waals surface area (Å²) in [4.78, 5) is 61.2. The van der Waals surface area contributed by atoms with E-state index in [-0.39, 0.29) is 61.1 Å². The van der Waals surface area contributed by atoms with Crippen molar-refractivity contribution in [3.8, 4) is 5.75 Å². The molecular formula is C42H48N4O7. The minimum Gasteiger partial charge on any atom is -0.497 e. The molecule has 4 saturated heterocycles. The number of fused-ring (bicyclic) bond motifs is 2. The van der Waals surface area contributed by atoms with E-state index in [1.54, 1.807) is 26.7 Å². The quantitative estimate of drug-likeness (QED) is 0.296. The van der Waals surface area contributed by atoms with Crippen LogP contribution in [-0.4, -0.2) is 79.1 Å². The van der Waals surface area contributed by atoms with Crippen LogP contribution in [0.3, 0.4) is 0 Å². The smallest absolute Gasteiger partial charge is 0.264 e. The minimum absolute atomic E-state index is 0.0346. The van der Waals surface area contributed by atoms with Gasteiger partial charge in [-0.05, 0) is 71.8 Å². The molecule has 1 N–H and O–H groups in total. The molecule has 3 aromatic rings. The number of aliphatic hydroxyl groups is 1. The number of ether oxygens (including phenoxy) is 2. The van der Waals surface area contributed by atoms with Gasteiger partial charge in [-0.3, -0.25) is 19.2 Å². The van der Waals surface area contributed by atoms with E-state index in [4.69, 9.17) is 9.47 Å². The van der Waals surface area contributed by atoms with E-state index >= 15 is 4.79 Å². The number of nitrogens with zero attached hydrogens (tertiary/aromatic N) is 4. The molecule has 4 amide bonds. The molecule has 0 aliphatic carbocycles. The monoisotopic (exact) mass is 720 g/mol. The molecule has 0 saturated carbocycles. The molecule has 5 aliphatic rings. The molecule has 5 aliphatic heterocycles. The fourth-order valence-electron chi connectivity index (χ4n) is 9.61. The van der Waals surface area contributed by atoms with Crippen LogP contribution in [0.4, 0.5) is 17.1 Å². The summed E-state index contributed by atoms with van der Waals surface area (Å²) in [6, 6.07) is 21.2. The fourth-order valence-corrected chi connectivity index (χ4v) is 9.61. The van der Waals surface area contributed by atoms with E-state index in [0.29, 0.717) is 43.7 Å². The number of amides is 4. The zero-order valence-electron chi connectivity index (χ0n) is 30.9. The summed E-state index contributed by atoms with van der Waals surface area (Å²) in [6.07, 6.45) is 2.05. The predicted molar refractivity (Wildman–Crippen MR) is 200 cm³/mol. The zero-order valence-corrected chi connectivity index (χ0v) is 30.9. The molecule has 1 spiro atoms. The Labute approximate surface area is 310 Å². The first kappa shape index (κ1) is 35.3. The van der Waals surface area contributed by atoms with Gasteiger partial charge in [0, 0.05) is 61.2 Å². The number of benzene rings is 3. The molecule has 11 heteroatoms.